The molecular formula is C18H12F2N2O2. The molecule has 0 amide bonds. The Labute approximate surface area is 136 Å². The van der Waals surface area contributed by atoms with Gasteiger partial charge >= 0.3 is 5.69 Å². The van der Waals surface area contributed by atoms with Crippen LogP contribution in [0.15, 0.2) is 59.4 Å². The Bertz CT molecular complexity index is 970. The maximum atomic E-state index is 13.9. The quantitative estimate of drug-likeness (QED) is 0.726. The zero-order valence-electron chi connectivity index (χ0n) is 12.4. The van der Waals surface area contributed by atoms with Crippen LogP contribution in [0.25, 0.3) is 11.3 Å². The number of nitrogens with zero attached hydrogens (tertiary/aromatic N) is 2. The van der Waals surface area contributed by atoms with Gasteiger partial charge in [-0.2, -0.15) is 4.98 Å². The molecule has 1 atom stereocenters. The molecule has 0 aliphatic carbocycles. The highest BCUT2D eigenvalue weighted by Crippen LogP contribution is 2.31. The van der Waals surface area contributed by atoms with E-state index in [-0.39, 0.29) is 17.3 Å². The second-order valence-corrected chi connectivity index (χ2v) is 5.49. The molecule has 4 nitrogen and oxygen atoms in total. The van der Waals surface area contributed by atoms with Gasteiger partial charge in [-0.3, -0.25) is 4.57 Å². The van der Waals surface area contributed by atoms with Crippen molar-refractivity contribution in [3.8, 4) is 17.1 Å². The molecule has 0 spiro atoms. The van der Waals surface area contributed by atoms with Crippen molar-refractivity contribution in [2.45, 2.75) is 6.04 Å². The number of fused-ring (bicyclic) bond motifs is 1. The monoisotopic (exact) mass is 326 g/mol. The number of aromatic nitrogens is 2. The lowest BCUT2D eigenvalue weighted by molar-refractivity contribution is 0.342. The molecule has 0 fully saturated rings. The van der Waals surface area contributed by atoms with Crippen LogP contribution in [0.4, 0.5) is 8.78 Å². The van der Waals surface area contributed by atoms with Crippen molar-refractivity contribution in [2.75, 3.05) is 6.61 Å². The van der Waals surface area contributed by atoms with Crippen LogP contribution < -0.4 is 10.4 Å². The molecule has 3 aromatic rings. The average Bonchev–Trinajstić information content (AvgIpc) is 3.00. The van der Waals surface area contributed by atoms with E-state index in [4.69, 9.17) is 4.74 Å². The van der Waals surface area contributed by atoms with Crippen molar-refractivity contribution in [3.63, 3.8) is 0 Å². The highest BCUT2D eigenvalue weighted by atomic mass is 19.1. The number of benzene rings is 2. The van der Waals surface area contributed by atoms with E-state index < -0.39 is 17.3 Å². The molecule has 1 aliphatic heterocycles. The van der Waals surface area contributed by atoms with Crippen LogP contribution in [0.5, 0.6) is 5.88 Å². The summed E-state index contributed by atoms with van der Waals surface area (Å²) in [6, 6.07) is 13.8. The van der Waals surface area contributed by atoms with Gasteiger partial charge in [0, 0.05) is 17.7 Å². The van der Waals surface area contributed by atoms with Crippen molar-refractivity contribution in [1.29, 1.82) is 0 Å². The molecule has 0 saturated carbocycles. The predicted octanol–water partition coefficient (Wildman–Crippen LogP) is 3.17. The Hall–Kier alpha value is -3.02. The van der Waals surface area contributed by atoms with Gasteiger partial charge < -0.3 is 4.74 Å². The molecule has 2 aromatic carbocycles. The summed E-state index contributed by atoms with van der Waals surface area (Å²) >= 11 is 0. The minimum Gasteiger partial charge on any atom is -0.476 e. The minimum atomic E-state index is -0.774. The standard InChI is InChI=1S/C18H12F2N2O2/c19-12-6-7-13(14(20)8-12)15-9-17-22(18(23)21-15)16(10-24-17)11-4-2-1-3-5-11/h1-9,16H,10H2/t16-/m0/s1. The fraction of sp³-hybridized carbons (Fsp3) is 0.111. The van der Waals surface area contributed by atoms with Gasteiger partial charge in [0.25, 0.3) is 0 Å². The molecule has 4 rings (SSSR count). The summed E-state index contributed by atoms with van der Waals surface area (Å²) in [4.78, 5) is 16.4. The number of ether oxygens (including phenoxy) is 1. The van der Waals surface area contributed by atoms with Crippen LogP contribution in [0.3, 0.4) is 0 Å². The Balaban J connectivity index is 1.81. The molecular weight excluding hydrogens is 314 g/mol. The summed E-state index contributed by atoms with van der Waals surface area (Å²) in [5.74, 6) is -1.14. The molecule has 0 saturated heterocycles. The van der Waals surface area contributed by atoms with Crippen molar-refractivity contribution in [1.82, 2.24) is 9.55 Å². The lowest BCUT2D eigenvalue weighted by Crippen LogP contribution is -2.25. The van der Waals surface area contributed by atoms with Gasteiger partial charge in [-0.05, 0) is 17.7 Å². The highest BCUT2D eigenvalue weighted by Gasteiger charge is 2.27. The van der Waals surface area contributed by atoms with Crippen LogP contribution in [-0.2, 0) is 0 Å². The summed E-state index contributed by atoms with van der Waals surface area (Å²) in [6.45, 7) is 0.302. The summed E-state index contributed by atoms with van der Waals surface area (Å²) in [7, 11) is 0. The third-order valence-electron chi connectivity index (χ3n) is 4.01. The first-order valence-electron chi connectivity index (χ1n) is 7.40. The fourth-order valence-corrected chi connectivity index (χ4v) is 2.86. The first kappa shape index (κ1) is 14.6. The zero-order valence-corrected chi connectivity index (χ0v) is 12.4. The molecule has 0 bridgehead atoms. The Morgan fingerprint density at radius 3 is 2.62 bits per heavy atom. The van der Waals surface area contributed by atoms with Gasteiger partial charge in [0.2, 0.25) is 5.88 Å². The van der Waals surface area contributed by atoms with Gasteiger partial charge in [0.1, 0.15) is 24.3 Å². The second-order valence-electron chi connectivity index (χ2n) is 5.49. The SMILES string of the molecule is O=c1nc(-c2ccc(F)cc2F)cc2n1[C@H](c1ccccc1)CO2. The first-order valence-corrected chi connectivity index (χ1v) is 7.40. The third kappa shape index (κ3) is 2.36. The van der Waals surface area contributed by atoms with E-state index in [1.54, 1.807) is 0 Å². The average molecular weight is 326 g/mol. The smallest absolute Gasteiger partial charge is 0.351 e. The topological polar surface area (TPSA) is 44.1 Å². The largest absolute Gasteiger partial charge is 0.476 e. The molecule has 1 aliphatic rings. The van der Waals surface area contributed by atoms with Crippen LogP contribution >= 0.6 is 0 Å². The van der Waals surface area contributed by atoms with Crippen LogP contribution in [0.1, 0.15) is 11.6 Å². The Kier molecular flexibility index (Phi) is 3.37. The van der Waals surface area contributed by atoms with Crippen molar-refractivity contribution < 1.29 is 13.5 Å². The fourth-order valence-electron chi connectivity index (χ4n) is 2.86. The number of halogens is 2. The zero-order chi connectivity index (χ0) is 16.7. The molecule has 0 radical (unpaired) electrons. The van der Waals surface area contributed by atoms with Gasteiger partial charge in [-0.15, -0.1) is 0 Å². The van der Waals surface area contributed by atoms with Crippen molar-refractivity contribution in [2.24, 2.45) is 0 Å². The predicted molar refractivity (Wildman–Crippen MR) is 83.9 cm³/mol. The molecule has 24 heavy (non-hydrogen) atoms. The third-order valence-corrected chi connectivity index (χ3v) is 4.01. The maximum absolute atomic E-state index is 13.9. The van der Waals surface area contributed by atoms with Crippen LogP contribution in [-0.4, -0.2) is 16.2 Å². The van der Waals surface area contributed by atoms with E-state index in [1.165, 1.54) is 16.7 Å². The first-order chi connectivity index (χ1) is 11.6. The second kappa shape index (κ2) is 5.56. The molecule has 120 valence electrons. The van der Waals surface area contributed by atoms with E-state index in [0.717, 1.165) is 17.7 Å². The van der Waals surface area contributed by atoms with Crippen LogP contribution in [0, 0.1) is 11.6 Å². The van der Waals surface area contributed by atoms with E-state index in [1.807, 2.05) is 30.3 Å². The summed E-state index contributed by atoms with van der Waals surface area (Å²) in [5, 5.41) is 0. The minimum absolute atomic E-state index is 0.0589. The molecule has 0 unspecified atom stereocenters. The summed E-state index contributed by atoms with van der Waals surface area (Å²) < 4.78 is 34.0. The van der Waals surface area contributed by atoms with Crippen LogP contribution in [0.2, 0.25) is 0 Å². The molecule has 0 N–H and O–H groups in total. The summed E-state index contributed by atoms with van der Waals surface area (Å²) in [5.41, 5.74) is 0.583. The normalized spacial score (nSPS) is 15.8. The summed E-state index contributed by atoms with van der Waals surface area (Å²) in [6.07, 6.45) is 0. The van der Waals surface area contributed by atoms with Gasteiger partial charge in [0.05, 0.1) is 5.69 Å². The van der Waals surface area contributed by atoms with Crippen molar-refractivity contribution >= 4 is 0 Å². The number of hydrogen-bond donors (Lipinski definition) is 0. The van der Waals surface area contributed by atoms with Gasteiger partial charge in [0.15, 0.2) is 0 Å². The number of hydrogen-bond acceptors (Lipinski definition) is 3. The lowest BCUT2D eigenvalue weighted by Gasteiger charge is -2.11. The van der Waals surface area contributed by atoms with E-state index in [9.17, 15) is 13.6 Å². The molecule has 1 aromatic heterocycles. The molecule has 2 heterocycles. The van der Waals surface area contributed by atoms with Crippen molar-refractivity contribution in [3.05, 3.63) is 82.3 Å². The maximum Gasteiger partial charge on any atom is 0.351 e. The Morgan fingerprint density at radius 2 is 1.88 bits per heavy atom. The van der Waals surface area contributed by atoms with E-state index >= 15 is 0 Å². The van der Waals surface area contributed by atoms with Gasteiger partial charge in [-0.1, -0.05) is 30.3 Å². The Morgan fingerprint density at radius 1 is 1.08 bits per heavy atom. The van der Waals surface area contributed by atoms with Gasteiger partial charge in [-0.25, -0.2) is 13.6 Å². The lowest BCUT2D eigenvalue weighted by atomic mass is 10.1. The number of rotatable bonds is 2. The highest BCUT2D eigenvalue weighted by molar-refractivity contribution is 5.60. The van der Waals surface area contributed by atoms with E-state index in [2.05, 4.69) is 4.98 Å². The van der Waals surface area contributed by atoms with E-state index in [0.29, 0.717) is 12.5 Å². The molecule has 6 heteroatoms.